The molecule has 0 saturated heterocycles. The number of pyridine rings is 1. The molecule has 0 fully saturated rings. The normalized spacial score (nSPS) is 10.9. The van der Waals surface area contributed by atoms with Crippen molar-refractivity contribution in [2.24, 2.45) is 0 Å². The number of rotatable bonds is 5. The molecule has 0 aliphatic heterocycles. The van der Waals surface area contributed by atoms with Crippen LogP contribution in [0.4, 0.5) is 0 Å². The van der Waals surface area contributed by atoms with E-state index in [1.165, 1.54) is 11.3 Å². The lowest BCUT2D eigenvalue weighted by Gasteiger charge is -2.05. The summed E-state index contributed by atoms with van der Waals surface area (Å²) < 4.78 is 1.70. The minimum atomic E-state index is -0.284. The van der Waals surface area contributed by atoms with Gasteiger partial charge in [0.1, 0.15) is 5.01 Å². The molecule has 0 atom stereocenters. The first-order chi connectivity index (χ1) is 14.0. The van der Waals surface area contributed by atoms with Gasteiger partial charge >= 0.3 is 0 Å². The van der Waals surface area contributed by atoms with Gasteiger partial charge in [0.25, 0.3) is 5.91 Å². The van der Waals surface area contributed by atoms with Crippen molar-refractivity contribution in [1.82, 2.24) is 35.3 Å². The fraction of sp³-hybridized carbons (Fsp3) is 0.200. The van der Waals surface area contributed by atoms with Gasteiger partial charge in [-0.05, 0) is 51.1 Å². The van der Waals surface area contributed by atoms with Crippen molar-refractivity contribution >= 4 is 17.2 Å². The Kier molecular flexibility index (Phi) is 5.13. The van der Waals surface area contributed by atoms with Crippen LogP contribution >= 0.6 is 11.3 Å². The summed E-state index contributed by atoms with van der Waals surface area (Å²) in [6.45, 7) is 6.17. The largest absolute Gasteiger partial charge is 0.346 e. The Morgan fingerprint density at radius 3 is 2.69 bits per heavy atom. The topological polar surface area (TPSA) is 98.5 Å². The molecule has 0 bridgehead atoms. The van der Waals surface area contributed by atoms with E-state index in [1.54, 1.807) is 29.2 Å². The van der Waals surface area contributed by atoms with Gasteiger partial charge in [-0.25, -0.2) is 9.67 Å². The van der Waals surface area contributed by atoms with E-state index < -0.39 is 0 Å². The zero-order valence-electron chi connectivity index (χ0n) is 16.2. The maximum Gasteiger partial charge on any atom is 0.272 e. The summed E-state index contributed by atoms with van der Waals surface area (Å²) in [6, 6.07) is 9.18. The number of hydrogen-bond donors (Lipinski definition) is 1. The fourth-order valence-corrected chi connectivity index (χ4v) is 3.87. The van der Waals surface area contributed by atoms with Gasteiger partial charge in [-0.2, -0.15) is 5.10 Å². The van der Waals surface area contributed by atoms with Crippen LogP contribution in [0.15, 0.2) is 42.7 Å². The molecule has 9 heteroatoms. The summed E-state index contributed by atoms with van der Waals surface area (Å²) in [5.74, 6) is 0.291. The monoisotopic (exact) mass is 405 g/mol. The smallest absolute Gasteiger partial charge is 0.272 e. The Labute approximate surface area is 171 Å². The minimum absolute atomic E-state index is 0.255. The molecule has 146 valence electrons. The van der Waals surface area contributed by atoms with Crippen LogP contribution in [0.2, 0.25) is 0 Å². The predicted molar refractivity (Wildman–Crippen MR) is 110 cm³/mol. The summed E-state index contributed by atoms with van der Waals surface area (Å²) in [5, 5.41) is 16.3. The molecule has 0 spiro atoms. The second-order valence-electron chi connectivity index (χ2n) is 6.57. The molecule has 29 heavy (non-hydrogen) atoms. The van der Waals surface area contributed by atoms with Crippen molar-refractivity contribution in [3.05, 3.63) is 70.4 Å². The molecular formula is C20H19N7OS. The number of aryl methyl sites for hydroxylation is 3. The summed E-state index contributed by atoms with van der Waals surface area (Å²) in [7, 11) is 0. The molecular weight excluding hydrogens is 386 g/mol. The van der Waals surface area contributed by atoms with Gasteiger partial charge in [0.2, 0.25) is 0 Å². The first kappa shape index (κ1) is 18.9. The maximum absolute atomic E-state index is 12.5. The summed E-state index contributed by atoms with van der Waals surface area (Å²) >= 11 is 1.54. The van der Waals surface area contributed by atoms with Gasteiger partial charge in [-0.1, -0.05) is 0 Å². The SMILES string of the molecule is Cc1cc(C)n(-c2ccc(C(=O)NCc3sc(-c4cccnc4)nc3C)nn2)n1. The zero-order valence-corrected chi connectivity index (χ0v) is 17.1. The van der Waals surface area contributed by atoms with Gasteiger partial charge < -0.3 is 5.32 Å². The highest BCUT2D eigenvalue weighted by molar-refractivity contribution is 7.15. The lowest BCUT2D eigenvalue weighted by Crippen LogP contribution is -2.24. The van der Waals surface area contributed by atoms with Gasteiger partial charge in [0.05, 0.1) is 17.9 Å². The fourth-order valence-electron chi connectivity index (χ4n) is 2.88. The van der Waals surface area contributed by atoms with Crippen LogP contribution in [-0.4, -0.2) is 35.9 Å². The molecule has 0 radical (unpaired) electrons. The van der Waals surface area contributed by atoms with Crippen molar-refractivity contribution in [3.63, 3.8) is 0 Å². The number of hydrogen-bond acceptors (Lipinski definition) is 7. The predicted octanol–water partition coefficient (Wildman–Crippen LogP) is 3.04. The van der Waals surface area contributed by atoms with Gasteiger partial charge in [-0.15, -0.1) is 21.5 Å². The summed E-state index contributed by atoms with van der Waals surface area (Å²) in [5.41, 5.74) is 3.96. The van der Waals surface area contributed by atoms with Crippen LogP contribution in [-0.2, 0) is 6.54 Å². The Morgan fingerprint density at radius 2 is 2.03 bits per heavy atom. The van der Waals surface area contributed by atoms with Gasteiger partial charge in [0, 0.05) is 28.5 Å². The third kappa shape index (κ3) is 4.04. The van der Waals surface area contributed by atoms with Crippen molar-refractivity contribution in [1.29, 1.82) is 0 Å². The second-order valence-corrected chi connectivity index (χ2v) is 7.65. The average molecular weight is 405 g/mol. The van der Waals surface area contributed by atoms with Crippen LogP contribution in [0.5, 0.6) is 0 Å². The maximum atomic E-state index is 12.5. The molecule has 0 saturated carbocycles. The number of carbonyl (C=O) groups excluding carboxylic acids is 1. The highest BCUT2D eigenvalue weighted by atomic mass is 32.1. The lowest BCUT2D eigenvalue weighted by molar-refractivity contribution is 0.0945. The van der Waals surface area contributed by atoms with E-state index in [4.69, 9.17) is 0 Å². The Hall–Kier alpha value is -3.46. The van der Waals surface area contributed by atoms with Crippen molar-refractivity contribution in [2.75, 3.05) is 0 Å². The first-order valence-electron chi connectivity index (χ1n) is 9.03. The zero-order chi connectivity index (χ0) is 20.4. The van der Waals surface area contributed by atoms with Crippen molar-refractivity contribution in [2.45, 2.75) is 27.3 Å². The molecule has 0 aliphatic carbocycles. The molecule has 1 N–H and O–H groups in total. The Bertz CT molecular complexity index is 1150. The first-order valence-corrected chi connectivity index (χ1v) is 9.85. The quantitative estimate of drug-likeness (QED) is 0.548. The number of aromatic nitrogens is 6. The van der Waals surface area contributed by atoms with E-state index in [0.717, 1.165) is 32.5 Å². The number of amides is 1. The standard InChI is InChI=1S/C20H19N7OS/c1-12-9-13(2)27(26-12)18-7-6-16(24-25-18)19(28)22-11-17-14(3)23-20(29-17)15-5-4-8-21-10-15/h4-10H,11H2,1-3H3,(H,22,28). The number of nitrogens with zero attached hydrogens (tertiary/aromatic N) is 6. The molecule has 4 heterocycles. The molecule has 0 unspecified atom stereocenters. The molecule has 4 aromatic heterocycles. The minimum Gasteiger partial charge on any atom is -0.346 e. The van der Waals surface area contributed by atoms with Gasteiger partial charge in [-0.3, -0.25) is 9.78 Å². The van der Waals surface area contributed by atoms with Gasteiger partial charge in [0.15, 0.2) is 11.5 Å². The Balaban J connectivity index is 1.44. The number of nitrogens with one attached hydrogen (secondary N) is 1. The Morgan fingerprint density at radius 1 is 1.17 bits per heavy atom. The third-order valence-electron chi connectivity index (χ3n) is 4.32. The number of carbonyl (C=O) groups is 1. The average Bonchev–Trinajstić information content (AvgIpc) is 3.28. The van der Waals surface area contributed by atoms with Crippen LogP contribution in [0.1, 0.15) is 32.4 Å². The van der Waals surface area contributed by atoms with Crippen LogP contribution < -0.4 is 5.32 Å². The van der Waals surface area contributed by atoms with E-state index in [-0.39, 0.29) is 11.6 Å². The second kappa shape index (κ2) is 7.88. The highest BCUT2D eigenvalue weighted by Crippen LogP contribution is 2.27. The van der Waals surface area contributed by atoms with E-state index in [0.29, 0.717) is 12.4 Å². The summed E-state index contributed by atoms with van der Waals surface area (Å²) in [6.07, 6.45) is 3.51. The summed E-state index contributed by atoms with van der Waals surface area (Å²) in [4.78, 5) is 22.2. The van der Waals surface area contributed by atoms with Crippen molar-refractivity contribution in [3.8, 4) is 16.4 Å². The lowest BCUT2D eigenvalue weighted by atomic mass is 10.3. The van der Waals surface area contributed by atoms with Crippen LogP contribution in [0.25, 0.3) is 16.4 Å². The molecule has 0 aliphatic rings. The molecule has 4 rings (SSSR count). The third-order valence-corrected chi connectivity index (χ3v) is 5.53. The molecule has 1 amide bonds. The van der Waals surface area contributed by atoms with E-state index >= 15 is 0 Å². The number of thiazole rings is 1. The molecule has 4 aromatic rings. The molecule has 8 nitrogen and oxygen atoms in total. The van der Waals surface area contributed by atoms with Crippen LogP contribution in [0.3, 0.4) is 0 Å². The van der Waals surface area contributed by atoms with E-state index in [2.05, 4.69) is 30.6 Å². The van der Waals surface area contributed by atoms with E-state index in [1.807, 2.05) is 39.0 Å². The highest BCUT2D eigenvalue weighted by Gasteiger charge is 2.13. The molecule has 0 aromatic carbocycles. The van der Waals surface area contributed by atoms with Crippen LogP contribution in [0, 0.1) is 20.8 Å². The van der Waals surface area contributed by atoms with E-state index in [9.17, 15) is 4.79 Å². The van der Waals surface area contributed by atoms with Crippen molar-refractivity contribution < 1.29 is 4.79 Å².